The SMILES string of the molecule is COc1ccc(CC(NC(=O)c2cccc(NC(C)=O)c2)c2ccc(OC)cc2)cc1. The Morgan fingerprint density at radius 2 is 1.48 bits per heavy atom. The summed E-state index contributed by atoms with van der Waals surface area (Å²) in [5.74, 6) is 1.12. The van der Waals surface area contributed by atoms with E-state index in [1.165, 1.54) is 6.92 Å². The summed E-state index contributed by atoms with van der Waals surface area (Å²) >= 11 is 0. The molecule has 2 amide bonds. The van der Waals surface area contributed by atoms with Crippen molar-refractivity contribution in [3.63, 3.8) is 0 Å². The molecule has 2 N–H and O–H groups in total. The summed E-state index contributed by atoms with van der Waals surface area (Å²) in [7, 11) is 3.25. The molecule has 160 valence electrons. The molecule has 0 saturated heterocycles. The Hall–Kier alpha value is -3.80. The fourth-order valence-electron chi connectivity index (χ4n) is 3.27. The number of hydrogen-bond donors (Lipinski definition) is 2. The number of hydrogen-bond acceptors (Lipinski definition) is 4. The van der Waals surface area contributed by atoms with Gasteiger partial charge in [-0.1, -0.05) is 30.3 Å². The van der Waals surface area contributed by atoms with Crippen molar-refractivity contribution < 1.29 is 19.1 Å². The van der Waals surface area contributed by atoms with E-state index in [1.807, 2.05) is 48.5 Å². The van der Waals surface area contributed by atoms with E-state index >= 15 is 0 Å². The van der Waals surface area contributed by atoms with Gasteiger partial charge in [-0.3, -0.25) is 9.59 Å². The molecule has 0 aliphatic carbocycles. The Kier molecular flexibility index (Phi) is 7.27. The number of nitrogens with one attached hydrogen (secondary N) is 2. The molecule has 0 aromatic heterocycles. The minimum atomic E-state index is -0.253. The Morgan fingerprint density at radius 3 is 2.06 bits per heavy atom. The lowest BCUT2D eigenvalue weighted by atomic mass is 9.98. The highest BCUT2D eigenvalue weighted by Crippen LogP contribution is 2.23. The van der Waals surface area contributed by atoms with Crippen LogP contribution in [0.15, 0.2) is 72.8 Å². The number of amides is 2. The predicted molar refractivity (Wildman–Crippen MR) is 121 cm³/mol. The number of benzene rings is 3. The molecule has 3 aromatic rings. The molecular formula is C25H26N2O4. The van der Waals surface area contributed by atoms with Gasteiger partial charge in [-0.2, -0.15) is 0 Å². The third kappa shape index (κ3) is 6.09. The maximum Gasteiger partial charge on any atom is 0.251 e. The third-order valence-corrected chi connectivity index (χ3v) is 4.87. The highest BCUT2D eigenvalue weighted by Gasteiger charge is 2.17. The van der Waals surface area contributed by atoms with Crippen molar-refractivity contribution in [1.29, 1.82) is 0 Å². The Balaban J connectivity index is 1.84. The lowest BCUT2D eigenvalue weighted by molar-refractivity contribution is -0.114. The number of anilines is 1. The molecule has 0 bridgehead atoms. The van der Waals surface area contributed by atoms with E-state index in [9.17, 15) is 9.59 Å². The minimum Gasteiger partial charge on any atom is -0.497 e. The second kappa shape index (κ2) is 10.3. The van der Waals surface area contributed by atoms with Crippen molar-refractivity contribution in [2.24, 2.45) is 0 Å². The molecule has 1 atom stereocenters. The minimum absolute atomic E-state index is 0.187. The lowest BCUT2D eigenvalue weighted by Crippen LogP contribution is -2.30. The van der Waals surface area contributed by atoms with Gasteiger partial charge in [0, 0.05) is 18.2 Å². The number of rotatable bonds is 8. The summed E-state index contributed by atoms with van der Waals surface area (Å²) in [5, 5.41) is 5.82. The summed E-state index contributed by atoms with van der Waals surface area (Å²) in [5.41, 5.74) is 3.08. The molecule has 6 nitrogen and oxygen atoms in total. The third-order valence-electron chi connectivity index (χ3n) is 4.87. The molecule has 0 saturated carbocycles. The van der Waals surface area contributed by atoms with E-state index in [1.54, 1.807) is 38.5 Å². The Morgan fingerprint density at radius 1 is 0.871 bits per heavy atom. The van der Waals surface area contributed by atoms with Crippen LogP contribution in [-0.2, 0) is 11.2 Å². The fraction of sp³-hybridized carbons (Fsp3) is 0.200. The molecule has 0 fully saturated rings. The van der Waals surface area contributed by atoms with Gasteiger partial charge in [-0.05, 0) is 60.0 Å². The summed E-state index contributed by atoms with van der Waals surface area (Å²) in [4.78, 5) is 24.3. The normalized spacial score (nSPS) is 11.3. The van der Waals surface area contributed by atoms with Crippen LogP contribution in [0.1, 0.15) is 34.5 Å². The first-order chi connectivity index (χ1) is 15.0. The van der Waals surface area contributed by atoms with E-state index in [0.29, 0.717) is 17.7 Å². The lowest BCUT2D eigenvalue weighted by Gasteiger charge is -2.20. The first-order valence-electron chi connectivity index (χ1n) is 9.94. The van der Waals surface area contributed by atoms with Crippen LogP contribution < -0.4 is 20.1 Å². The van der Waals surface area contributed by atoms with Gasteiger partial charge < -0.3 is 20.1 Å². The van der Waals surface area contributed by atoms with Gasteiger partial charge in [-0.15, -0.1) is 0 Å². The van der Waals surface area contributed by atoms with Gasteiger partial charge >= 0.3 is 0 Å². The Bertz CT molecular complexity index is 1030. The zero-order valence-corrected chi connectivity index (χ0v) is 17.8. The van der Waals surface area contributed by atoms with Gasteiger partial charge in [0.05, 0.1) is 20.3 Å². The van der Waals surface area contributed by atoms with Gasteiger partial charge in [0.15, 0.2) is 0 Å². The second-order valence-electron chi connectivity index (χ2n) is 7.11. The molecule has 31 heavy (non-hydrogen) atoms. The van der Waals surface area contributed by atoms with Crippen molar-refractivity contribution in [3.05, 3.63) is 89.5 Å². The van der Waals surface area contributed by atoms with E-state index in [-0.39, 0.29) is 17.9 Å². The first-order valence-corrected chi connectivity index (χ1v) is 9.94. The first kappa shape index (κ1) is 21.9. The topological polar surface area (TPSA) is 76.7 Å². The van der Waals surface area contributed by atoms with Crippen LogP contribution in [0.25, 0.3) is 0 Å². The maximum atomic E-state index is 13.0. The summed E-state index contributed by atoms with van der Waals surface area (Å²) in [6.45, 7) is 1.43. The smallest absolute Gasteiger partial charge is 0.251 e. The molecule has 0 aliphatic rings. The predicted octanol–water partition coefficient (Wildman–Crippen LogP) is 4.38. The van der Waals surface area contributed by atoms with Gasteiger partial charge in [0.25, 0.3) is 5.91 Å². The molecule has 0 spiro atoms. The summed E-state index contributed by atoms with van der Waals surface area (Å²) in [6.07, 6.45) is 0.605. The van der Waals surface area contributed by atoms with Crippen LogP contribution in [0.2, 0.25) is 0 Å². The Labute approximate surface area is 182 Å². The average molecular weight is 418 g/mol. The van der Waals surface area contributed by atoms with Crippen LogP contribution in [0, 0.1) is 0 Å². The van der Waals surface area contributed by atoms with Crippen molar-refractivity contribution in [2.75, 3.05) is 19.5 Å². The van der Waals surface area contributed by atoms with Crippen LogP contribution in [0.4, 0.5) is 5.69 Å². The van der Waals surface area contributed by atoms with Crippen LogP contribution in [-0.4, -0.2) is 26.0 Å². The monoisotopic (exact) mass is 418 g/mol. The van der Waals surface area contributed by atoms with Gasteiger partial charge in [0.2, 0.25) is 5.91 Å². The molecule has 0 heterocycles. The van der Waals surface area contributed by atoms with Crippen molar-refractivity contribution in [3.8, 4) is 11.5 Å². The summed E-state index contributed by atoms with van der Waals surface area (Å²) < 4.78 is 10.5. The van der Waals surface area contributed by atoms with Gasteiger partial charge in [0.1, 0.15) is 11.5 Å². The van der Waals surface area contributed by atoms with E-state index in [4.69, 9.17) is 9.47 Å². The average Bonchev–Trinajstić information content (AvgIpc) is 2.79. The van der Waals surface area contributed by atoms with Crippen molar-refractivity contribution in [2.45, 2.75) is 19.4 Å². The van der Waals surface area contributed by atoms with E-state index in [0.717, 1.165) is 22.6 Å². The van der Waals surface area contributed by atoms with Crippen molar-refractivity contribution >= 4 is 17.5 Å². The number of carbonyl (C=O) groups excluding carboxylic acids is 2. The molecule has 0 aliphatic heterocycles. The zero-order valence-electron chi connectivity index (χ0n) is 17.8. The van der Waals surface area contributed by atoms with Crippen LogP contribution in [0.5, 0.6) is 11.5 Å². The van der Waals surface area contributed by atoms with E-state index < -0.39 is 0 Å². The molecule has 6 heteroatoms. The largest absolute Gasteiger partial charge is 0.497 e. The number of methoxy groups -OCH3 is 2. The second-order valence-corrected chi connectivity index (χ2v) is 7.11. The van der Waals surface area contributed by atoms with Gasteiger partial charge in [-0.25, -0.2) is 0 Å². The van der Waals surface area contributed by atoms with Crippen molar-refractivity contribution in [1.82, 2.24) is 5.32 Å². The summed E-state index contributed by atoms with van der Waals surface area (Å²) in [6, 6.07) is 22.0. The quantitative estimate of drug-likeness (QED) is 0.569. The molecular weight excluding hydrogens is 392 g/mol. The number of carbonyl (C=O) groups is 2. The highest BCUT2D eigenvalue weighted by molar-refractivity contribution is 5.97. The molecule has 1 unspecified atom stereocenters. The number of ether oxygens (including phenoxy) is 2. The van der Waals surface area contributed by atoms with Crippen LogP contribution >= 0.6 is 0 Å². The van der Waals surface area contributed by atoms with Crippen LogP contribution in [0.3, 0.4) is 0 Å². The standard InChI is InChI=1S/C25H26N2O4/c1-17(28)26-21-6-4-5-20(16-21)25(29)27-24(19-9-13-23(31-3)14-10-19)15-18-7-11-22(30-2)12-8-18/h4-14,16,24H,15H2,1-3H3,(H,26,28)(H,27,29). The molecule has 3 aromatic carbocycles. The zero-order chi connectivity index (χ0) is 22.2. The highest BCUT2D eigenvalue weighted by atomic mass is 16.5. The molecule has 0 radical (unpaired) electrons. The molecule has 3 rings (SSSR count). The maximum absolute atomic E-state index is 13.0. The van der Waals surface area contributed by atoms with E-state index in [2.05, 4.69) is 10.6 Å². The fourth-order valence-corrected chi connectivity index (χ4v) is 3.27.